The molecule has 9 rings (SSSR count). The molecule has 3 aromatic carbocycles. The number of Topliss-reactive ketones (excluding diaryl/α,β-unsaturated/α-hetero) is 1. The van der Waals surface area contributed by atoms with Gasteiger partial charge in [-0.1, -0.05) is 94.8 Å². The number of aryl methyl sites for hydroxylation is 3. The van der Waals surface area contributed by atoms with Crippen LogP contribution in [0.5, 0.6) is 0 Å². The van der Waals surface area contributed by atoms with E-state index in [1.165, 1.54) is 9.78 Å². The molecule has 1 unspecified atom stereocenters. The van der Waals surface area contributed by atoms with E-state index in [-0.39, 0.29) is 68.6 Å². The Morgan fingerprint density at radius 1 is 0.840 bits per heavy atom. The van der Waals surface area contributed by atoms with Crippen LogP contribution in [0.1, 0.15) is 129 Å². The molecule has 0 spiro atoms. The summed E-state index contributed by atoms with van der Waals surface area (Å²) in [7, 11) is 0. The molecule has 0 bridgehead atoms. The number of fused-ring (bicyclic) bond motifs is 3. The minimum Gasteiger partial charge on any atom is -0.391 e. The molecule has 3 N–H and O–H groups in total. The summed E-state index contributed by atoms with van der Waals surface area (Å²) in [5.74, 6) is -0.617. The zero-order chi connectivity index (χ0) is 58.0. The second kappa shape index (κ2) is 24.8. The molecule has 20 heteroatoms. The summed E-state index contributed by atoms with van der Waals surface area (Å²) in [5.41, 5.74) is 9.88. The van der Waals surface area contributed by atoms with Gasteiger partial charge in [-0.2, -0.15) is 0 Å². The molecule has 3 aliphatic rings. The van der Waals surface area contributed by atoms with Gasteiger partial charge in [0.25, 0.3) is 0 Å². The zero-order valence-electron chi connectivity index (χ0n) is 47.8. The average Bonchev–Trinajstić information content (AvgIpc) is 4.44. The molecular formula is C61H73ClN10O7S2. The Morgan fingerprint density at radius 3 is 2.16 bits per heavy atom. The van der Waals surface area contributed by atoms with Crippen LogP contribution in [0, 0.1) is 39.0 Å². The number of nitrogens with zero attached hydrogens (tertiary/aromatic N) is 8. The topological polar surface area (TPSA) is 205 Å². The van der Waals surface area contributed by atoms with E-state index in [2.05, 4.69) is 44.6 Å². The lowest BCUT2D eigenvalue weighted by atomic mass is 9.82. The minimum absolute atomic E-state index is 0.0155. The maximum atomic E-state index is 14.3. The molecule has 0 saturated carbocycles. The van der Waals surface area contributed by atoms with Crippen molar-refractivity contribution in [1.82, 2.24) is 40.2 Å². The minimum atomic E-state index is -1.00. The zero-order valence-corrected chi connectivity index (χ0v) is 50.2. The van der Waals surface area contributed by atoms with Gasteiger partial charge >= 0.3 is 0 Å². The molecule has 4 amide bonds. The highest BCUT2D eigenvalue weighted by Gasteiger charge is 2.46. The van der Waals surface area contributed by atoms with Gasteiger partial charge in [-0.15, -0.1) is 32.9 Å². The number of ketones is 1. The highest BCUT2D eigenvalue weighted by molar-refractivity contribution is 7.15. The third-order valence-corrected chi connectivity index (χ3v) is 18.6. The number of aliphatic imine (C=N–C) groups is 1. The largest absolute Gasteiger partial charge is 0.391 e. The van der Waals surface area contributed by atoms with Gasteiger partial charge in [-0.05, 0) is 92.5 Å². The SMILES string of the molecule is Cc1ncsc1-c1ccc([C@H](C)C(C)C(=O)[C@@H]2C[C@@H](O)CN2C(=O)[C@@H](NC(=O)COCCC(=O)N2CCN(c3ccc([C@H](C)NC(=O)C[C@@H]4N=C(c5ccc(Cl)cc5)c5c(sc(C)c5C)-n5c(C)nnc54)cc3)CC2)C(C)(C)C)cc1. The number of thiazole rings is 1. The summed E-state index contributed by atoms with van der Waals surface area (Å²) in [6.07, 6.45) is -0.608. The van der Waals surface area contributed by atoms with Crippen molar-refractivity contribution in [3.63, 3.8) is 0 Å². The fraction of sp³-hybridized carbons (Fsp3) is 0.459. The number of aliphatic hydroxyl groups excluding tert-OH is 1. The lowest BCUT2D eigenvalue weighted by Gasteiger charge is -2.36. The summed E-state index contributed by atoms with van der Waals surface area (Å²) in [5, 5.41) is 27.4. The Labute approximate surface area is 487 Å². The number of benzene rings is 3. The van der Waals surface area contributed by atoms with Crippen molar-refractivity contribution in [1.29, 1.82) is 0 Å². The van der Waals surface area contributed by atoms with Gasteiger partial charge in [0.2, 0.25) is 23.6 Å². The molecule has 6 aromatic rings. The Bertz CT molecular complexity index is 3300. The summed E-state index contributed by atoms with van der Waals surface area (Å²) >= 11 is 9.54. The smallest absolute Gasteiger partial charge is 0.246 e. The van der Waals surface area contributed by atoms with Gasteiger partial charge in [-0.3, -0.25) is 33.5 Å². The maximum Gasteiger partial charge on any atom is 0.246 e. The molecule has 3 aromatic heterocycles. The first-order valence-electron chi connectivity index (χ1n) is 27.8. The number of aliphatic hydroxyl groups is 1. The number of rotatable bonds is 18. The molecule has 0 aliphatic carbocycles. The van der Waals surface area contributed by atoms with Crippen LogP contribution in [0.2, 0.25) is 5.02 Å². The van der Waals surface area contributed by atoms with Crippen LogP contribution in [0.3, 0.4) is 0 Å². The standard InChI is InChI=1S/C61H73ClN10O7S2/c1-34(41-11-13-44(14-12-41)56-38(5)63-33-80-56)35(2)55(77)49-29-47(73)31-71(49)59(78)57(61(8,9)10)66-51(75)32-79-28-23-52(76)70-26-24-69(25-27-70)46-21-17-42(18-22-46)37(4)64-50(74)30-48-58-68-67-40(7)72(58)60-53(36(3)39(6)81-60)54(65-48)43-15-19-45(62)20-16-43/h11-22,33-35,37,47-49,57,73H,23-32H2,1-10H3,(H,64,74)(H,66,75)/t34-,35?,37+,47-,48+,49+,57-/m1/s1. The van der Waals surface area contributed by atoms with Gasteiger partial charge < -0.3 is 35.2 Å². The number of ether oxygens (including phenoxy) is 1. The van der Waals surface area contributed by atoms with Crippen LogP contribution >= 0.6 is 34.3 Å². The summed E-state index contributed by atoms with van der Waals surface area (Å²) in [4.78, 5) is 86.4. The van der Waals surface area contributed by atoms with E-state index in [0.29, 0.717) is 37.0 Å². The van der Waals surface area contributed by atoms with E-state index in [4.69, 9.17) is 21.3 Å². The fourth-order valence-electron chi connectivity index (χ4n) is 11.1. The fourth-order valence-corrected chi connectivity index (χ4v) is 13.2. The predicted octanol–water partition coefficient (Wildman–Crippen LogP) is 9.06. The Morgan fingerprint density at radius 2 is 1.51 bits per heavy atom. The molecule has 7 atom stereocenters. The highest BCUT2D eigenvalue weighted by Crippen LogP contribution is 2.40. The molecule has 428 valence electrons. The van der Waals surface area contributed by atoms with Crippen molar-refractivity contribution in [2.45, 2.75) is 125 Å². The molecule has 3 aliphatic heterocycles. The molecule has 17 nitrogen and oxygen atoms in total. The first-order chi connectivity index (χ1) is 38.6. The normalized spacial score (nSPS) is 18.7. The lowest BCUT2D eigenvalue weighted by molar-refractivity contribution is -0.145. The number of likely N-dealkylation sites (tertiary alicyclic amines) is 1. The third kappa shape index (κ3) is 13.0. The van der Waals surface area contributed by atoms with Crippen LogP contribution in [0.15, 0.2) is 83.3 Å². The number of halogens is 1. The highest BCUT2D eigenvalue weighted by atomic mass is 35.5. The number of amides is 4. The van der Waals surface area contributed by atoms with Gasteiger partial charge in [0.1, 0.15) is 29.5 Å². The van der Waals surface area contributed by atoms with Crippen LogP contribution in [0.25, 0.3) is 15.4 Å². The number of carbonyl (C=O) groups is 5. The number of hydrogen-bond acceptors (Lipinski definition) is 14. The second-order valence-electron chi connectivity index (χ2n) is 22.8. The van der Waals surface area contributed by atoms with Crippen molar-refractivity contribution >= 4 is 75.1 Å². The molecule has 2 fully saturated rings. The van der Waals surface area contributed by atoms with Crippen LogP contribution in [-0.4, -0.2) is 134 Å². The average molecular weight is 1160 g/mol. The Hall–Kier alpha value is -6.64. The summed E-state index contributed by atoms with van der Waals surface area (Å²) in [6, 6.07) is 21.1. The van der Waals surface area contributed by atoms with Crippen LogP contribution in [-0.2, 0) is 28.7 Å². The quantitative estimate of drug-likeness (QED) is 0.0693. The van der Waals surface area contributed by atoms with E-state index < -0.39 is 47.4 Å². The van der Waals surface area contributed by atoms with E-state index >= 15 is 0 Å². The van der Waals surface area contributed by atoms with E-state index in [0.717, 1.165) is 66.2 Å². The number of piperazine rings is 1. The number of anilines is 1. The molecular weight excluding hydrogens is 1080 g/mol. The number of hydrogen-bond donors (Lipinski definition) is 3. The van der Waals surface area contributed by atoms with Crippen molar-refractivity contribution in [3.8, 4) is 15.4 Å². The Kier molecular flexibility index (Phi) is 18.1. The van der Waals surface area contributed by atoms with E-state index in [1.807, 2.05) is 138 Å². The van der Waals surface area contributed by atoms with Crippen molar-refractivity contribution < 1.29 is 33.8 Å². The molecule has 6 heterocycles. The van der Waals surface area contributed by atoms with E-state index in [9.17, 15) is 29.1 Å². The summed E-state index contributed by atoms with van der Waals surface area (Å²) < 4.78 is 7.73. The Balaban J connectivity index is 0.724. The van der Waals surface area contributed by atoms with Gasteiger partial charge in [0.15, 0.2) is 11.6 Å². The van der Waals surface area contributed by atoms with Gasteiger partial charge in [0.05, 0.1) is 59.4 Å². The first-order valence-corrected chi connectivity index (χ1v) is 29.8. The van der Waals surface area contributed by atoms with Gasteiger partial charge in [-0.25, -0.2) is 4.98 Å². The number of thiophene rings is 1. The monoisotopic (exact) mass is 1160 g/mol. The molecule has 81 heavy (non-hydrogen) atoms. The van der Waals surface area contributed by atoms with Crippen LogP contribution in [0.4, 0.5) is 5.69 Å². The molecule has 0 radical (unpaired) electrons. The molecule has 2 saturated heterocycles. The van der Waals surface area contributed by atoms with Crippen LogP contribution < -0.4 is 15.5 Å². The number of β-amino-alcohol motifs (C(OH)–C–C–N with tert-alkyl or cyclic N) is 1. The second-order valence-corrected chi connectivity index (χ2v) is 25.3. The predicted molar refractivity (Wildman–Crippen MR) is 318 cm³/mol. The van der Waals surface area contributed by atoms with E-state index in [1.54, 1.807) is 27.6 Å². The number of carbonyl (C=O) groups excluding carboxylic acids is 5. The van der Waals surface area contributed by atoms with Gasteiger partial charge in [0, 0.05) is 71.8 Å². The number of nitrogens with one attached hydrogen (secondary N) is 2. The first kappa shape index (κ1) is 59.0. The van der Waals surface area contributed by atoms with Crippen molar-refractivity contribution in [3.05, 3.63) is 133 Å². The number of aromatic nitrogens is 4. The maximum absolute atomic E-state index is 14.3. The van der Waals surface area contributed by atoms with Crippen molar-refractivity contribution in [2.24, 2.45) is 16.3 Å². The van der Waals surface area contributed by atoms with Crippen molar-refractivity contribution in [2.75, 3.05) is 50.8 Å². The summed E-state index contributed by atoms with van der Waals surface area (Å²) in [6.45, 7) is 21.3. The lowest BCUT2D eigenvalue weighted by Crippen LogP contribution is -2.57. The third-order valence-electron chi connectivity index (χ3n) is 16.1.